The van der Waals surface area contributed by atoms with Crippen molar-refractivity contribution in [2.24, 2.45) is 0 Å². The molecule has 9 heteroatoms. The van der Waals surface area contributed by atoms with Gasteiger partial charge in [0.05, 0.1) is 22.4 Å². The molecule has 0 atom stereocenters. The molecular weight excluding hydrogens is 448 g/mol. The predicted molar refractivity (Wildman–Crippen MR) is 119 cm³/mol. The van der Waals surface area contributed by atoms with E-state index in [-0.39, 0.29) is 33.0 Å². The first-order valence-corrected chi connectivity index (χ1v) is 10.8. The summed E-state index contributed by atoms with van der Waals surface area (Å²) in [5.74, 6) is -3.27. The first kappa shape index (κ1) is 20.9. The highest BCUT2D eigenvalue weighted by Gasteiger charge is 2.37. The summed E-state index contributed by atoms with van der Waals surface area (Å²) in [6.07, 6.45) is 0. The lowest BCUT2D eigenvalue weighted by Crippen LogP contribution is -2.42. The number of thiazole rings is 1. The molecule has 5 rings (SSSR count). The molecule has 33 heavy (non-hydrogen) atoms. The number of amides is 3. The second-order valence-electron chi connectivity index (χ2n) is 7.44. The lowest BCUT2D eigenvalue weighted by molar-refractivity contribution is -0.119. The van der Waals surface area contributed by atoms with Gasteiger partial charge in [-0.25, -0.2) is 13.8 Å². The molecule has 0 N–H and O–H groups in total. The Morgan fingerprint density at radius 1 is 0.939 bits per heavy atom. The smallest absolute Gasteiger partial charge is 0.262 e. The highest BCUT2D eigenvalue weighted by atomic mass is 32.1. The van der Waals surface area contributed by atoms with Crippen LogP contribution in [0.25, 0.3) is 10.2 Å². The Kier molecular flexibility index (Phi) is 5.18. The van der Waals surface area contributed by atoms with Crippen LogP contribution in [0, 0.1) is 11.6 Å². The third kappa shape index (κ3) is 3.76. The number of benzene rings is 3. The van der Waals surface area contributed by atoms with E-state index in [4.69, 9.17) is 0 Å². The van der Waals surface area contributed by atoms with Crippen LogP contribution in [0.5, 0.6) is 0 Å². The van der Waals surface area contributed by atoms with Gasteiger partial charge in [0.1, 0.15) is 17.9 Å². The summed E-state index contributed by atoms with van der Waals surface area (Å²) in [6, 6.07) is 17.3. The van der Waals surface area contributed by atoms with E-state index in [2.05, 4.69) is 4.98 Å². The molecule has 1 aromatic heterocycles. The van der Waals surface area contributed by atoms with E-state index in [0.29, 0.717) is 0 Å². The van der Waals surface area contributed by atoms with Crippen molar-refractivity contribution in [3.05, 3.63) is 95.1 Å². The van der Waals surface area contributed by atoms with Gasteiger partial charge in [0.25, 0.3) is 11.8 Å². The van der Waals surface area contributed by atoms with Crippen LogP contribution >= 0.6 is 11.3 Å². The van der Waals surface area contributed by atoms with Crippen LogP contribution < -0.4 is 4.90 Å². The Morgan fingerprint density at radius 2 is 1.58 bits per heavy atom. The number of rotatable bonds is 5. The number of halogens is 2. The number of carbonyl (C=O) groups excluding carboxylic acids is 3. The van der Waals surface area contributed by atoms with Gasteiger partial charge in [0.2, 0.25) is 5.91 Å². The minimum absolute atomic E-state index is 0.0528. The fraction of sp³-hybridized carbons (Fsp3) is 0.0833. The van der Waals surface area contributed by atoms with E-state index >= 15 is 0 Å². The third-order valence-electron chi connectivity index (χ3n) is 5.29. The van der Waals surface area contributed by atoms with E-state index in [1.165, 1.54) is 17.0 Å². The second kappa shape index (κ2) is 8.18. The number of carbonyl (C=O) groups is 3. The highest BCUT2D eigenvalue weighted by Crippen LogP contribution is 2.32. The number of aromatic nitrogens is 1. The van der Waals surface area contributed by atoms with Crippen LogP contribution in [-0.4, -0.2) is 34.2 Å². The van der Waals surface area contributed by atoms with Gasteiger partial charge in [-0.3, -0.25) is 24.2 Å². The number of hydrogen-bond acceptors (Lipinski definition) is 5. The molecule has 3 amide bonds. The van der Waals surface area contributed by atoms with Gasteiger partial charge in [0.15, 0.2) is 10.9 Å². The molecule has 6 nitrogen and oxygen atoms in total. The van der Waals surface area contributed by atoms with E-state index < -0.39 is 35.9 Å². The molecule has 3 aromatic carbocycles. The molecule has 0 saturated heterocycles. The van der Waals surface area contributed by atoms with Gasteiger partial charge >= 0.3 is 0 Å². The Balaban J connectivity index is 1.50. The topological polar surface area (TPSA) is 70.6 Å². The number of imide groups is 1. The van der Waals surface area contributed by atoms with Crippen LogP contribution in [-0.2, 0) is 11.3 Å². The molecule has 164 valence electrons. The van der Waals surface area contributed by atoms with Gasteiger partial charge in [-0.2, -0.15) is 0 Å². The predicted octanol–water partition coefficient (Wildman–Crippen LogP) is 4.40. The fourth-order valence-corrected chi connectivity index (χ4v) is 4.71. The number of nitrogens with zero attached hydrogens (tertiary/aromatic N) is 3. The van der Waals surface area contributed by atoms with E-state index in [9.17, 15) is 23.2 Å². The summed E-state index contributed by atoms with van der Waals surface area (Å²) < 4.78 is 28.2. The SMILES string of the molecule is O=C1c2ccccc2C(=O)N1CC(=O)N(Cc1ccccc1)c1nc2c(F)cc(F)cc2s1. The maximum atomic E-state index is 14.2. The van der Waals surface area contributed by atoms with Crippen molar-refractivity contribution in [3.63, 3.8) is 0 Å². The summed E-state index contributed by atoms with van der Waals surface area (Å²) >= 11 is 0.954. The molecule has 0 saturated carbocycles. The van der Waals surface area contributed by atoms with Crippen molar-refractivity contribution in [2.75, 3.05) is 11.4 Å². The Labute approximate surface area is 190 Å². The summed E-state index contributed by atoms with van der Waals surface area (Å²) in [5.41, 5.74) is 1.19. The maximum absolute atomic E-state index is 14.2. The molecule has 0 unspecified atom stereocenters. The average Bonchev–Trinajstić information content (AvgIpc) is 3.33. The molecule has 0 radical (unpaired) electrons. The first-order valence-electron chi connectivity index (χ1n) is 9.97. The third-order valence-corrected chi connectivity index (χ3v) is 6.31. The number of hydrogen-bond donors (Lipinski definition) is 0. The quantitative estimate of drug-likeness (QED) is 0.411. The van der Waals surface area contributed by atoms with Crippen molar-refractivity contribution in [1.82, 2.24) is 9.88 Å². The Hall–Kier alpha value is -3.98. The van der Waals surface area contributed by atoms with Gasteiger partial charge < -0.3 is 0 Å². The molecule has 1 aliphatic rings. The largest absolute Gasteiger partial charge is 0.282 e. The van der Waals surface area contributed by atoms with Crippen LogP contribution in [0.2, 0.25) is 0 Å². The molecule has 0 fully saturated rings. The lowest BCUT2D eigenvalue weighted by Gasteiger charge is -2.22. The van der Waals surface area contributed by atoms with Crippen LogP contribution in [0.15, 0.2) is 66.7 Å². The highest BCUT2D eigenvalue weighted by molar-refractivity contribution is 7.22. The van der Waals surface area contributed by atoms with Gasteiger partial charge in [-0.15, -0.1) is 0 Å². The lowest BCUT2D eigenvalue weighted by atomic mass is 10.1. The van der Waals surface area contributed by atoms with E-state index in [0.717, 1.165) is 33.9 Å². The monoisotopic (exact) mass is 463 g/mol. The molecule has 0 bridgehead atoms. The summed E-state index contributed by atoms with van der Waals surface area (Å²) in [4.78, 5) is 45.2. The molecule has 4 aromatic rings. The van der Waals surface area contributed by atoms with Crippen LogP contribution in [0.4, 0.5) is 13.9 Å². The molecular formula is C24H15F2N3O3S. The molecule has 1 aliphatic heterocycles. The zero-order valence-corrected chi connectivity index (χ0v) is 17.8. The van der Waals surface area contributed by atoms with Crippen LogP contribution in [0.3, 0.4) is 0 Å². The van der Waals surface area contributed by atoms with Crippen molar-refractivity contribution >= 4 is 44.4 Å². The zero-order valence-electron chi connectivity index (χ0n) is 17.0. The standard InChI is InChI=1S/C24H15F2N3O3S/c25-15-10-18(26)21-19(11-15)33-24(27-21)28(12-14-6-2-1-3-7-14)20(30)13-29-22(31)16-8-4-5-9-17(16)23(29)32/h1-11H,12-13H2. The summed E-state index contributed by atoms with van der Waals surface area (Å²) in [5, 5.41) is 0.139. The summed E-state index contributed by atoms with van der Waals surface area (Å²) in [6.45, 7) is -0.432. The number of anilines is 1. The van der Waals surface area contributed by atoms with E-state index in [1.807, 2.05) is 6.07 Å². The van der Waals surface area contributed by atoms with Gasteiger partial charge in [-0.05, 0) is 23.8 Å². The van der Waals surface area contributed by atoms with Crippen molar-refractivity contribution in [3.8, 4) is 0 Å². The van der Waals surface area contributed by atoms with Crippen molar-refractivity contribution in [2.45, 2.75) is 6.54 Å². The Morgan fingerprint density at radius 3 is 2.24 bits per heavy atom. The van der Waals surface area contributed by atoms with Crippen LogP contribution in [0.1, 0.15) is 26.3 Å². The normalized spacial score (nSPS) is 13.0. The molecule has 0 spiro atoms. The maximum Gasteiger partial charge on any atom is 0.262 e. The molecule has 2 heterocycles. The minimum atomic E-state index is -0.833. The van der Waals surface area contributed by atoms with Crippen molar-refractivity contribution < 1.29 is 23.2 Å². The second-order valence-corrected chi connectivity index (χ2v) is 8.45. The number of fused-ring (bicyclic) bond motifs is 2. The molecule has 0 aliphatic carbocycles. The van der Waals surface area contributed by atoms with E-state index in [1.54, 1.807) is 36.4 Å². The fourth-order valence-electron chi connectivity index (χ4n) is 3.69. The first-order chi connectivity index (χ1) is 15.9. The van der Waals surface area contributed by atoms with Gasteiger partial charge in [-0.1, -0.05) is 53.8 Å². The Bertz CT molecular complexity index is 1390. The minimum Gasteiger partial charge on any atom is -0.282 e. The van der Waals surface area contributed by atoms with Gasteiger partial charge in [0, 0.05) is 6.07 Å². The zero-order chi connectivity index (χ0) is 23.1. The van der Waals surface area contributed by atoms with Crippen molar-refractivity contribution in [1.29, 1.82) is 0 Å². The summed E-state index contributed by atoms with van der Waals surface area (Å²) in [7, 11) is 0. The average molecular weight is 463 g/mol.